The maximum absolute atomic E-state index is 10.9. The van der Waals surface area contributed by atoms with Crippen molar-refractivity contribution in [2.75, 3.05) is 0 Å². The fraction of sp³-hybridized carbons (Fsp3) is 0.235. The Balaban J connectivity index is 1.98. The highest BCUT2D eigenvalue weighted by atomic mass is 35.5. The van der Waals surface area contributed by atoms with E-state index in [9.17, 15) is 4.79 Å². The highest BCUT2D eigenvalue weighted by Crippen LogP contribution is 2.22. The van der Waals surface area contributed by atoms with Crippen molar-refractivity contribution in [2.45, 2.75) is 24.8 Å². The molecule has 0 fully saturated rings. The van der Waals surface area contributed by atoms with Crippen LogP contribution in [0.25, 0.3) is 0 Å². The van der Waals surface area contributed by atoms with Crippen LogP contribution in [0.2, 0.25) is 0 Å². The fourth-order valence-electron chi connectivity index (χ4n) is 2.01. The van der Waals surface area contributed by atoms with Gasteiger partial charge < -0.3 is 10.5 Å². The molecule has 3 nitrogen and oxygen atoms in total. The average Bonchev–Trinajstić information content (AvgIpc) is 2.50. The summed E-state index contributed by atoms with van der Waals surface area (Å²) in [6, 6.07) is 17.6. The first-order valence-corrected chi connectivity index (χ1v) is 7.24. The number of amides is 1. The summed E-state index contributed by atoms with van der Waals surface area (Å²) in [7, 11) is 0. The quantitative estimate of drug-likeness (QED) is 0.831. The van der Waals surface area contributed by atoms with Crippen molar-refractivity contribution in [1.82, 2.24) is 0 Å². The summed E-state index contributed by atoms with van der Waals surface area (Å²) >= 11 is 5.85. The molecule has 0 heterocycles. The van der Waals surface area contributed by atoms with Gasteiger partial charge in [0.1, 0.15) is 17.2 Å². The van der Waals surface area contributed by atoms with Crippen molar-refractivity contribution in [1.29, 1.82) is 0 Å². The van der Waals surface area contributed by atoms with Crippen molar-refractivity contribution >= 4 is 17.5 Å². The standard InChI is InChI=1S/C17H18ClNO2/c1-12(14-5-3-2-4-6-14)21-15-9-7-13(8-10-15)11-16(18)17(19)20/h2-10,12,16H,11H2,1H3,(H2,19,20). The van der Waals surface area contributed by atoms with Crippen LogP contribution >= 0.6 is 11.6 Å². The lowest BCUT2D eigenvalue weighted by Gasteiger charge is -2.15. The number of nitrogens with two attached hydrogens (primary N) is 1. The Kier molecular flexibility index (Phi) is 5.23. The van der Waals surface area contributed by atoms with E-state index < -0.39 is 11.3 Å². The van der Waals surface area contributed by atoms with Crippen LogP contribution in [-0.4, -0.2) is 11.3 Å². The Morgan fingerprint density at radius 2 is 1.76 bits per heavy atom. The summed E-state index contributed by atoms with van der Waals surface area (Å²) in [4.78, 5) is 10.9. The van der Waals surface area contributed by atoms with Crippen LogP contribution in [-0.2, 0) is 11.2 Å². The third-order valence-electron chi connectivity index (χ3n) is 3.23. The van der Waals surface area contributed by atoms with Crippen LogP contribution < -0.4 is 10.5 Å². The predicted molar refractivity (Wildman–Crippen MR) is 84.5 cm³/mol. The number of carbonyl (C=O) groups is 1. The molecule has 0 aliphatic rings. The van der Waals surface area contributed by atoms with Gasteiger partial charge in [-0.1, -0.05) is 42.5 Å². The number of primary amides is 1. The molecule has 0 aromatic heterocycles. The van der Waals surface area contributed by atoms with Crippen molar-refractivity contribution in [2.24, 2.45) is 5.73 Å². The molecule has 0 saturated carbocycles. The predicted octanol–water partition coefficient (Wildman–Crippen LogP) is 3.46. The van der Waals surface area contributed by atoms with Gasteiger partial charge in [-0.3, -0.25) is 4.79 Å². The van der Waals surface area contributed by atoms with Gasteiger partial charge in [0.25, 0.3) is 0 Å². The average molecular weight is 304 g/mol. The molecule has 110 valence electrons. The van der Waals surface area contributed by atoms with Crippen LogP contribution in [0.4, 0.5) is 0 Å². The van der Waals surface area contributed by atoms with Gasteiger partial charge in [-0.25, -0.2) is 0 Å². The molecule has 0 aliphatic heterocycles. The van der Waals surface area contributed by atoms with Crippen LogP contribution in [0.5, 0.6) is 5.75 Å². The molecule has 2 rings (SSSR count). The van der Waals surface area contributed by atoms with E-state index in [1.807, 2.05) is 61.5 Å². The van der Waals surface area contributed by atoms with E-state index in [0.717, 1.165) is 16.9 Å². The van der Waals surface area contributed by atoms with Crippen molar-refractivity contribution in [3.05, 3.63) is 65.7 Å². The maximum Gasteiger partial charge on any atom is 0.235 e. The molecule has 0 spiro atoms. The van der Waals surface area contributed by atoms with Crippen molar-refractivity contribution in [3.63, 3.8) is 0 Å². The summed E-state index contributed by atoms with van der Waals surface area (Å²) in [5.74, 6) is 0.273. The van der Waals surface area contributed by atoms with Gasteiger partial charge >= 0.3 is 0 Å². The molecule has 2 aromatic carbocycles. The van der Waals surface area contributed by atoms with Gasteiger partial charge in [0, 0.05) is 0 Å². The Labute approximate surface area is 129 Å². The first-order chi connectivity index (χ1) is 10.1. The Hall–Kier alpha value is -2.00. The van der Waals surface area contributed by atoms with Crippen LogP contribution in [0.1, 0.15) is 24.2 Å². The Morgan fingerprint density at radius 1 is 1.14 bits per heavy atom. The molecule has 2 aromatic rings. The second-order valence-corrected chi connectivity index (χ2v) is 5.42. The van der Waals surface area contributed by atoms with Gasteiger partial charge in [-0.05, 0) is 36.6 Å². The molecule has 0 aliphatic carbocycles. The van der Waals surface area contributed by atoms with Crippen LogP contribution in [0, 0.1) is 0 Å². The molecule has 4 heteroatoms. The molecule has 21 heavy (non-hydrogen) atoms. The molecule has 0 saturated heterocycles. The smallest absolute Gasteiger partial charge is 0.235 e. The zero-order chi connectivity index (χ0) is 15.2. The van der Waals surface area contributed by atoms with Crippen LogP contribution in [0.3, 0.4) is 0 Å². The maximum atomic E-state index is 10.9. The molecule has 2 unspecified atom stereocenters. The second kappa shape index (κ2) is 7.14. The molecule has 2 atom stereocenters. The number of benzene rings is 2. The lowest BCUT2D eigenvalue weighted by atomic mass is 10.1. The van der Waals surface area contributed by atoms with Gasteiger partial charge in [0.15, 0.2) is 0 Å². The van der Waals surface area contributed by atoms with E-state index in [4.69, 9.17) is 22.1 Å². The highest BCUT2D eigenvalue weighted by Gasteiger charge is 2.12. The van der Waals surface area contributed by atoms with Gasteiger partial charge in [0.2, 0.25) is 5.91 Å². The van der Waals surface area contributed by atoms with E-state index in [2.05, 4.69) is 0 Å². The normalized spacial score (nSPS) is 13.4. The minimum Gasteiger partial charge on any atom is -0.486 e. The lowest BCUT2D eigenvalue weighted by Crippen LogP contribution is -2.25. The van der Waals surface area contributed by atoms with Crippen LogP contribution in [0.15, 0.2) is 54.6 Å². The van der Waals surface area contributed by atoms with E-state index >= 15 is 0 Å². The van der Waals surface area contributed by atoms with E-state index in [-0.39, 0.29) is 6.10 Å². The number of ether oxygens (including phenoxy) is 1. The molecular weight excluding hydrogens is 286 g/mol. The summed E-state index contributed by atoms with van der Waals surface area (Å²) in [5, 5.41) is -0.681. The zero-order valence-corrected chi connectivity index (χ0v) is 12.6. The number of alkyl halides is 1. The molecule has 0 radical (unpaired) electrons. The lowest BCUT2D eigenvalue weighted by molar-refractivity contribution is -0.117. The number of hydrogen-bond donors (Lipinski definition) is 1. The highest BCUT2D eigenvalue weighted by molar-refractivity contribution is 6.30. The number of carbonyl (C=O) groups excluding carboxylic acids is 1. The number of halogens is 1. The third kappa shape index (κ3) is 4.50. The molecule has 0 bridgehead atoms. The summed E-state index contributed by atoms with van der Waals surface area (Å²) in [5.41, 5.74) is 7.22. The van der Waals surface area contributed by atoms with Crippen molar-refractivity contribution < 1.29 is 9.53 Å². The zero-order valence-electron chi connectivity index (χ0n) is 11.8. The first kappa shape index (κ1) is 15.4. The molecule has 1 amide bonds. The minimum atomic E-state index is -0.681. The fourth-order valence-corrected chi connectivity index (χ4v) is 2.19. The number of rotatable bonds is 6. The first-order valence-electron chi connectivity index (χ1n) is 6.80. The summed E-state index contributed by atoms with van der Waals surface area (Å²) < 4.78 is 5.88. The van der Waals surface area contributed by atoms with E-state index in [1.165, 1.54) is 0 Å². The van der Waals surface area contributed by atoms with E-state index in [1.54, 1.807) is 0 Å². The Bertz CT molecular complexity index is 583. The Morgan fingerprint density at radius 3 is 2.33 bits per heavy atom. The molecular formula is C17H18ClNO2. The monoisotopic (exact) mass is 303 g/mol. The van der Waals surface area contributed by atoms with Crippen molar-refractivity contribution in [3.8, 4) is 5.75 Å². The van der Waals surface area contributed by atoms with E-state index in [0.29, 0.717) is 6.42 Å². The topological polar surface area (TPSA) is 52.3 Å². The second-order valence-electron chi connectivity index (χ2n) is 4.89. The minimum absolute atomic E-state index is 0.0246. The largest absolute Gasteiger partial charge is 0.486 e. The SMILES string of the molecule is CC(Oc1ccc(CC(Cl)C(N)=O)cc1)c1ccccc1. The van der Waals surface area contributed by atoms with Gasteiger partial charge in [-0.2, -0.15) is 0 Å². The summed E-state index contributed by atoms with van der Waals surface area (Å²) in [6.07, 6.45) is 0.397. The third-order valence-corrected chi connectivity index (χ3v) is 3.60. The van der Waals surface area contributed by atoms with Gasteiger partial charge in [-0.15, -0.1) is 11.6 Å². The molecule has 2 N–H and O–H groups in total. The number of hydrogen-bond acceptors (Lipinski definition) is 2. The van der Waals surface area contributed by atoms with Gasteiger partial charge in [0.05, 0.1) is 0 Å². The summed E-state index contributed by atoms with van der Waals surface area (Å²) in [6.45, 7) is 2.01.